The Morgan fingerprint density at radius 2 is 2.00 bits per heavy atom. The highest BCUT2D eigenvalue weighted by Gasteiger charge is 2.19. The van der Waals surface area contributed by atoms with E-state index in [1.807, 2.05) is 73.7 Å². The van der Waals surface area contributed by atoms with E-state index in [-0.39, 0.29) is 11.9 Å². The molecule has 1 amide bonds. The molecule has 0 saturated heterocycles. The number of amides is 1. The molecule has 1 N–H and O–H groups in total. The highest BCUT2D eigenvalue weighted by Crippen LogP contribution is 2.25. The molecule has 1 atom stereocenters. The number of carbonyl (C=O) groups is 1. The average Bonchev–Trinajstić information content (AvgIpc) is 3.34. The Labute approximate surface area is 169 Å². The SMILES string of the molecule is CCn1cc(-c2cc(C(=O)N[C@@H](C)c3cnn(C)c3C)c3ccccc3n2)cn1. The molecule has 3 heterocycles. The lowest BCUT2D eigenvalue weighted by atomic mass is 10.0. The highest BCUT2D eigenvalue weighted by molar-refractivity contribution is 6.07. The van der Waals surface area contributed by atoms with E-state index in [4.69, 9.17) is 4.98 Å². The summed E-state index contributed by atoms with van der Waals surface area (Å²) < 4.78 is 3.66. The number of benzene rings is 1. The summed E-state index contributed by atoms with van der Waals surface area (Å²) in [5.41, 5.74) is 5.04. The summed E-state index contributed by atoms with van der Waals surface area (Å²) in [5.74, 6) is -0.136. The first-order chi connectivity index (χ1) is 14.0. The van der Waals surface area contributed by atoms with Crippen molar-refractivity contribution >= 4 is 16.8 Å². The number of carbonyl (C=O) groups excluding carboxylic acids is 1. The molecule has 0 spiro atoms. The Morgan fingerprint density at radius 3 is 2.69 bits per heavy atom. The molecule has 0 saturated carbocycles. The van der Waals surface area contributed by atoms with Gasteiger partial charge in [-0.25, -0.2) is 4.98 Å². The molecular weight excluding hydrogens is 364 g/mol. The van der Waals surface area contributed by atoms with Crippen LogP contribution in [0.15, 0.2) is 48.9 Å². The lowest BCUT2D eigenvalue weighted by Gasteiger charge is -2.15. The lowest BCUT2D eigenvalue weighted by Crippen LogP contribution is -2.27. The van der Waals surface area contributed by atoms with E-state index in [9.17, 15) is 4.79 Å². The number of aryl methyl sites for hydroxylation is 2. The topological polar surface area (TPSA) is 77.6 Å². The van der Waals surface area contributed by atoms with Crippen molar-refractivity contribution in [1.82, 2.24) is 29.9 Å². The molecule has 4 rings (SSSR count). The smallest absolute Gasteiger partial charge is 0.252 e. The minimum absolute atomic E-state index is 0.136. The van der Waals surface area contributed by atoms with Crippen molar-refractivity contribution in [2.24, 2.45) is 7.05 Å². The van der Waals surface area contributed by atoms with Crippen molar-refractivity contribution < 1.29 is 4.79 Å². The molecule has 0 aliphatic rings. The molecule has 1 aromatic carbocycles. The Kier molecular flexibility index (Phi) is 4.88. The van der Waals surface area contributed by atoms with Gasteiger partial charge >= 0.3 is 0 Å². The first kappa shape index (κ1) is 18.9. The van der Waals surface area contributed by atoms with Crippen LogP contribution >= 0.6 is 0 Å². The van der Waals surface area contributed by atoms with E-state index in [1.165, 1.54) is 0 Å². The van der Waals surface area contributed by atoms with Crippen LogP contribution in [0.3, 0.4) is 0 Å². The third-order valence-corrected chi connectivity index (χ3v) is 5.30. The number of aromatic nitrogens is 5. The molecule has 4 aromatic rings. The highest BCUT2D eigenvalue weighted by atomic mass is 16.1. The molecule has 29 heavy (non-hydrogen) atoms. The fourth-order valence-electron chi connectivity index (χ4n) is 3.47. The molecule has 7 heteroatoms. The normalized spacial score (nSPS) is 12.3. The van der Waals surface area contributed by atoms with Crippen molar-refractivity contribution in [3.05, 3.63) is 65.7 Å². The molecule has 3 aromatic heterocycles. The maximum atomic E-state index is 13.2. The van der Waals surface area contributed by atoms with Gasteiger partial charge in [-0.3, -0.25) is 14.2 Å². The standard InChI is InChI=1S/C22H24N6O/c1-5-28-13-16(11-24-28)21-10-18(17-8-6-7-9-20(17)26-21)22(29)25-14(2)19-12-23-27(4)15(19)3/h6-14H,5H2,1-4H3,(H,25,29)/t14-/m0/s1. The number of para-hydroxylation sites is 1. The molecule has 7 nitrogen and oxygen atoms in total. The summed E-state index contributed by atoms with van der Waals surface area (Å²) in [4.78, 5) is 18.0. The lowest BCUT2D eigenvalue weighted by molar-refractivity contribution is 0.0941. The summed E-state index contributed by atoms with van der Waals surface area (Å²) in [6, 6.07) is 9.39. The first-order valence-corrected chi connectivity index (χ1v) is 9.70. The van der Waals surface area contributed by atoms with Crippen LogP contribution in [0.25, 0.3) is 22.2 Å². The van der Waals surface area contributed by atoms with E-state index in [0.29, 0.717) is 5.56 Å². The summed E-state index contributed by atoms with van der Waals surface area (Å²) >= 11 is 0. The number of rotatable bonds is 5. The number of pyridine rings is 1. The number of hydrogen-bond acceptors (Lipinski definition) is 4. The zero-order chi connectivity index (χ0) is 20.5. The molecule has 0 bridgehead atoms. The van der Waals surface area contributed by atoms with Crippen LogP contribution in [-0.2, 0) is 13.6 Å². The van der Waals surface area contributed by atoms with Crippen molar-refractivity contribution in [3.8, 4) is 11.3 Å². The van der Waals surface area contributed by atoms with Crippen LogP contribution in [0.1, 0.15) is 41.5 Å². The molecular formula is C22H24N6O. The van der Waals surface area contributed by atoms with Crippen LogP contribution in [0, 0.1) is 6.92 Å². The van der Waals surface area contributed by atoms with Gasteiger partial charge in [0.2, 0.25) is 0 Å². The predicted molar refractivity (Wildman–Crippen MR) is 112 cm³/mol. The van der Waals surface area contributed by atoms with E-state index in [0.717, 1.165) is 40.0 Å². The number of fused-ring (bicyclic) bond motifs is 1. The van der Waals surface area contributed by atoms with Gasteiger partial charge in [-0.05, 0) is 32.9 Å². The summed E-state index contributed by atoms with van der Waals surface area (Å²) in [6.45, 7) is 6.78. The average molecular weight is 388 g/mol. The first-order valence-electron chi connectivity index (χ1n) is 9.70. The van der Waals surface area contributed by atoms with Crippen LogP contribution in [0.2, 0.25) is 0 Å². The second kappa shape index (κ2) is 7.50. The third kappa shape index (κ3) is 3.51. The van der Waals surface area contributed by atoms with Crippen molar-refractivity contribution in [2.45, 2.75) is 33.4 Å². The van der Waals surface area contributed by atoms with Gasteiger partial charge in [-0.2, -0.15) is 10.2 Å². The molecule has 0 aliphatic heterocycles. The third-order valence-electron chi connectivity index (χ3n) is 5.30. The van der Waals surface area contributed by atoms with Gasteiger partial charge < -0.3 is 5.32 Å². The summed E-state index contributed by atoms with van der Waals surface area (Å²) in [7, 11) is 1.90. The zero-order valence-corrected chi connectivity index (χ0v) is 17.0. The van der Waals surface area contributed by atoms with Crippen LogP contribution in [0.4, 0.5) is 0 Å². The summed E-state index contributed by atoms with van der Waals surface area (Å²) in [5, 5.41) is 12.5. The Balaban J connectivity index is 1.73. The van der Waals surface area contributed by atoms with Crippen LogP contribution in [-0.4, -0.2) is 30.5 Å². The Bertz CT molecular complexity index is 1190. The maximum absolute atomic E-state index is 13.2. The van der Waals surface area contributed by atoms with E-state index >= 15 is 0 Å². The van der Waals surface area contributed by atoms with E-state index < -0.39 is 0 Å². The molecule has 0 unspecified atom stereocenters. The monoisotopic (exact) mass is 388 g/mol. The second-order valence-corrected chi connectivity index (χ2v) is 7.16. The zero-order valence-electron chi connectivity index (χ0n) is 17.0. The van der Waals surface area contributed by atoms with Crippen molar-refractivity contribution in [3.63, 3.8) is 0 Å². The number of nitrogens with zero attached hydrogens (tertiary/aromatic N) is 5. The van der Waals surface area contributed by atoms with E-state index in [1.54, 1.807) is 12.4 Å². The van der Waals surface area contributed by atoms with Gasteiger partial charge in [-0.1, -0.05) is 18.2 Å². The Hall–Kier alpha value is -3.48. The molecule has 0 radical (unpaired) electrons. The fourth-order valence-corrected chi connectivity index (χ4v) is 3.47. The van der Waals surface area contributed by atoms with Crippen molar-refractivity contribution in [2.75, 3.05) is 0 Å². The molecule has 0 fully saturated rings. The van der Waals surface area contributed by atoms with Gasteiger partial charge in [0.15, 0.2) is 0 Å². The summed E-state index contributed by atoms with van der Waals surface area (Å²) in [6.07, 6.45) is 5.53. The molecule has 148 valence electrons. The van der Waals surface area contributed by atoms with Crippen LogP contribution < -0.4 is 5.32 Å². The second-order valence-electron chi connectivity index (χ2n) is 7.16. The van der Waals surface area contributed by atoms with Gasteiger partial charge in [0.1, 0.15) is 0 Å². The van der Waals surface area contributed by atoms with Gasteiger partial charge in [0.25, 0.3) is 5.91 Å². The Morgan fingerprint density at radius 1 is 1.21 bits per heavy atom. The minimum atomic E-state index is -0.158. The van der Waals surface area contributed by atoms with Gasteiger partial charge in [-0.15, -0.1) is 0 Å². The van der Waals surface area contributed by atoms with E-state index in [2.05, 4.69) is 15.5 Å². The maximum Gasteiger partial charge on any atom is 0.252 e. The van der Waals surface area contributed by atoms with Gasteiger partial charge in [0, 0.05) is 42.0 Å². The van der Waals surface area contributed by atoms with Crippen molar-refractivity contribution in [1.29, 1.82) is 0 Å². The quantitative estimate of drug-likeness (QED) is 0.566. The number of hydrogen-bond donors (Lipinski definition) is 1. The van der Waals surface area contributed by atoms with Crippen LogP contribution in [0.5, 0.6) is 0 Å². The number of nitrogens with one attached hydrogen (secondary N) is 1. The van der Waals surface area contributed by atoms with Gasteiger partial charge in [0.05, 0.1) is 35.2 Å². The largest absolute Gasteiger partial charge is 0.345 e. The minimum Gasteiger partial charge on any atom is -0.345 e. The molecule has 0 aliphatic carbocycles. The predicted octanol–water partition coefficient (Wildman–Crippen LogP) is 3.65. The fraction of sp³-hybridized carbons (Fsp3) is 0.273.